The zero-order valence-electron chi connectivity index (χ0n) is 21.0. The van der Waals surface area contributed by atoms with Crippen molar-refractivity contribution in [3.8, 4) is 5.88 Å². The first-order valence-corrected chi connectivity index (χ1v) is 12.9. The SMILES string of the molecule is COC(=O)c1c(OCc2cc(F)c(C)cc2F)nsc1NC(=O)NCCCCN1CCN(CCO)CC1. The van der Waals surface area contributed by atoms with Gasteiger partial charge >= 0.3 is 12.0 Å². The summed E-state index contributed by atoms with van der Waals surface area (Å²) in [4.78, 5) is 29.3. The van der Waals surface area contributed by atoms with Gasteiger partial charge < -0.3 is 24.8 Å². The lowest BCUT2D eigenvalue weighted by Crippen LogP contribution is -2.47. The molecule has 0 spiro atoms. The van der Waals surface area contributed by atoms with Crippen LogP contribution in [0.4, 0.5) is 18.6 Å². The second-order valence-corrected chi connectivity index (χ2v) is 9.43. The molecule has 1 aliphatic rings. The Balaban J connectivity index is 1.46. The third-order valence-corrected chi connectivity index (χ3v) is 6.78. The number of hydrogen-bond donors (Lipinski definition) is 3. The molecule has 3 N–H and O–H groups in total. The average Bonchev–Trinajstić information content (AvgIpc) is 3.28. The number of amides is 2. The molecule has 2 amide bonds. The van der Waals surface area contributed by atoms with E-state index in [0.29, 0.717) is 13.1 Å². The third kappa shape index (κ3) is 8.32. The zero-order chi connectivity index (χ0) is 26.8. The lowest BCUT2D eigenvalue weighted by molar-refractivity contribution is 0.0596. The predicted molar refractivity (Wildman–Crippen MR) is 135 cm³/mol. The number of halogens is 2. The van der Waals surface area contributed by atoms with E-state index < -0.39 is 23.6 Å². The maximum atomic E-state index is 14.1. The van der Waals surface area contributed by atoms with Crippen LogP contribution in [0.15, 0.2) is 12.1 Å². The number of anilines is 1. The minimum Gasteiger partial charge on any atom is -0.471 e. The maximum Gasteiger partial charge on any atom is 0.346 e. The van der Waals surface area contributed by atoms with E-state index >= 15 is 0 Å². The van der Waals surface area contributed by atoms with Gasteiger partial charge in [-0.15, -0.1) is 0 Å². The fraction of sp³-hybridized carbons (Fsp3) is 0.542. The van der Waals surface area contributed by atoms with Gasteiger partial charge in [0.25, 0.3) is 0 Å². The van der Waals surface area contributed by atoms with Crippen LogP contribution in [-0.2, 0) is 11.3 Å². The van der Waals surface area contributed by atoms with Gasteiger partial charge in [0, 0.05) is 44.8 Å². The molecule has 0 aliphatic carbocycles. The van der Waals surface area contributed by atoms with E-state index in [-0.39, 0.29) is 40.8 Å². The highest BCUT2D eigenvalue weighted by Gasteiger charge is 2.25. The summed E-state index contributed by atoms with van der Waals surface area (Å²) in [6.07, 6.45) is 1.70. The van der Waals surface area contributed by atoms with Crippen molar-refractivity contribution in [1.29, 1.82) is 0 Å². The monoisotopic (exact) mass is 541 g/mol. The third-order valence-electron chi connectivity index (χ3n) is 6.04. The Labute approximate surface area is 218 Å². The first-order valence-electron chi connectivity index (χ1n) is 12.1. The summed E-state index contributed by atoms with van der Waals surface area (Å²) in [5.74, 6) is -2.15. The number of esters is 1. The Kier molecular flexibility index (Phi) is 11.0. The number of carbonyl (C=O) groups excluding carboxylic acids is 2. The van der Waals surface area contributed by atoms with Crippen LogP contribution < -0.4 is 15.4 Å². The minimum absolute atomic E-state index is 0.0359. The average molecular weight is 542 g/mol. The van der Waals surface area contributed by atoms with Gasteiger partial charge in [-0.1, -0.05) is 0 Å². The molecule has 2 aromatic rings. The van der Waals surface area contributed by atoms with Gasteiger partial charge in [0.1, 0.15) is 23.2 Å². The molecule has 204 valence electrons. The molecular formula is C24H33F2N5O5S. The Bertz CT molecular complexity index is 1060. The summed E-state index contributed by atoms with van der Waals surface area (Å²) in [7, 11) is 1.18. The fourth-order valence-electron chi connectivity index (χ4n) is 3.87. The number of aliphatic hydroxyl groups is 1. The second-order valence-electron chi connectivity index (χ2n) is 8.66. The van der Waals surface area contributed by atoms with Gasteiger partial charge in [-0.05, 0) is 55.5 Å². The van der Waals surface area contributed by atoms with E-state index in [2.05, 4.69) is 24.8 Å². The number of carbonyl (C=O) groups is 2. The van der Waals surface area contributed by atoms with Crippen LogP contribution in [0.25, 0.3) is 0 Å². The van der Waals surface area contributed by atoms with Crippen molar-refractivity contribution in [3.05, 3.63) is 40.5 Å². The normalized spacial score (nSPS) is 14.4. The van der Waals surface area contributed by atoms with Crippen LogP contribution >= 0.6 is 11.5 Å². The van der Waals surface area contributed by atoms with Gasteiger partial charge in [-0.2, -0.15) is 4.37 Å². The molecule has 0 unspecified atom stereocenters. The van der Waals surface area contributed by atoms with Crippen molar-refractivity contribution in [3.63, 3.8) is 0 Å². The highest BCUT2D eigenvalue weighted by Crippen LogP contribution is 2.32. The lowest BCUT2D eigenvalue weighted by atomic mass is 10.1. The molecule has 0 radical (unpaired) electrons. The topological polar surface area (TPSA) is 116 Å². The molecule has 3 rings (SSSR count). The van der Waals surface area contributed by atoms with E-state index in [9.17, 15) is 18.4 Å². The number of β-amino-alcohol motifs (C(OH)–C–C–N with tert-alkyl or cyclic N) is 1. The molecule has 10 nitrogen and oxygen atoms in total. The van der Waals surface area contributed by atoms with E-state index in [0.717, 1.165) is 69.2 Å². The van der Waals surface area contributed by atoms with Crippen LogP contribution in [0.2, 0.25) is 0 Å². The first kappa shape index (κ1) is 28.7. The highest BCUT2D eigenvalue weighted by molar-refractivity contribution is 7.11. The number of ether oxygens (including phenoxy) is 2. The Hall–Kier alpha value is -2.87. The molecule has 1 aromatic heterocycles. The molecule has 1 aliphatic heterocycles. The standard InChI is InChI=1S/C24H33F2N5O5S/c1-16-13-19(26)17(14-18(16)25)15-36-21-20(23(33)35-2)22(37-29-21)28-24(34)27-5-3-4-6-30-7-9-31(10-8-30)11-12-32/h13-14,32H,3-12,15H2,1-2H3,(H2,27,28,34). The molecular weight excluding hydrogens is 508 g/mol. The van der Waals surface area contributed by atoms with Crippen LogP contribution in [-0.4, -0.2) is 90.8 Å². The summed E-state index contributed by atoms with van der Waals surface area (Å²) in [6.45, 7) is 7.18. The van der Waals surface area contributed by atoms with Gasteiger partial charge in [0.2, 0.25) is 5.88 Å². The van der Waals surface area contributed by atoms with E-state index in [1.807, 2.05) is 0 Å². The number of unbranched alkanes of at least 4 members (excludes halogenated alkanes) is 1. The zero-order valence-corrected chi connectivity index (χ0v) is 21.8. The number of benzene rings is 1. The number of methoxy groups -OCH3 is 1. The first-order chi connectivity index (χ1) is 17.8. The summed E-state index contributed by atoms with van der Waals surface area (Å²) in [6, 6.07) is 1.58. The Morgan fingerprint density at radius 1 is 1.11 bits per heavy atom. The van der Waals surface area contributed by atoms with Crippen molar-refractivity contribution in [2.45, 2.75) is 26.4 Å². The van der Waals surface area contributed by atoms with Crippen LogP contribution in [0.5, 0.6) is 5.88 Å². The van der Waals surface area contributed by atoms with Crippen molar-refractivity contribution in [2.75, 3.05) is 64.8 Å². The largest absolute Gasteiger partial charge is 0.471 e. The highest BCUT2D eigenvalue weighted by atomic mass is 32.1. The van der Waals surface area contributed by atoms with E-state index in [4.69, 9.17) is 14.6 Å². The van der Waals surface area contributed by atoms with Gasteiger partial charge in [-0.3, -0.25) is 10.2 Å². The molecule has 13 heteroatoms. The Morgan fingerprint density at radius 3 is 2.49 bits per heavy atom. The van der Waals surface area contributed by atoms with Gasteiger partial charge in [-0.25, -0.2) is 18.4 Å². The number of aryl methyl sites for hydroxylation is 1. The molecule has 37 heavy (non-hydrogen) atoms. The number of piperazine rings is 1. The molecule has 1 aromatic carbocycles. The predicted octanol–water partition coefficient (Wildman–Crippen LogP) is 2.61. The number of nitrogens with one attached hydrogen (secondary N) is 2. The van der Waals surface area contributed by atoms with E-state index in [1.165, 1.54) is 14.0 Å². The number of hydrogen-bond acceptors (Lipinski definition) is 9. The molecule has 1 saturated heterocycles. The van der Waals surface area contributed by atoms with Crippen LogP contribution in [0, 0.1) is 18.6 Å². The molecule has 0 bridgehead atoms. The number of urea groups is 1. The molecule has 1 fully saturated rings. The summed E-state index contributed by atoms with van der Waals surface area (Å²) >= 11 is 0.817. The van der Waals surface area contributed by atoms with Crippen LogP contribution in [0.3, 0.4) is 0 Å². The van der Waals surface area contributed by atoms with Gasteiger partial charge in [0.15, 0.2) is 5.56 Å². The second kappa shape index (κ2) is 14.2. The van der Waals surface area contributed by atoms with Crippen molar-refractivity contribution in [2.24, 2.45) is 0 Å². The van der Waals surface area contributed by atoms with Crippen molar-refractivity contribution in [1.82, 2.24) is 19.5 Å². The number of aromatic nitrogens is 1. The maximum absolute atomic E-state index is 14.1. The fourth-order valence-corrected chi connectivity index (χ4v) is 4.59. The van der Waals surface area contributed by atoms with Crippen molar-refractivity contribution < 1.29 is 33.0 Å². The van der Waals surface area contributed by atoms with Crippen molar-refractivity contribution >= 4 is 28.5 Å². The summed E-state index contributed by atoms with van der Waals surface area (Å²) in [5.41, 5.74) is 0.0296. The molecule has 0 saturated carbocycles. The quantitative estimate of drug-likeness (QED) is 0.278. The molecule has 0 atom stereocenters. The lowest BCUT2D eigenvalue weighted by Gasteiger charge is -2.34. The van der Waals surface area contributed by atoms with Gasteiger partial charge in [0.05, 0.1) is 13.7 Å². The number of nitrogens with zero attached hydrogens (tertiary/aromatic N) is 3. The Morgan fingerprint density at radius 2 is 1.81 bits per heavy atom. The summed E-state index contributed by atoms with van der Waals surface area (Å²) in [5, 5.41) is 14.5. The van der Waals surface area contributed by atoms with E-state index in [1.54, 1.807) is 0 Å². The van der Waals surface area contributed by atoms with Crippen LogP contribution in [0.1, 0.15) is 34.3 Å². The summed E-state index contributed by atoms with van der Waals surface area (Å²) < 4.78 is 42.2. The number of aliphatic hydroxyl groups excluding tert-OH is 1. The number of rotatable bonds is 12. The smallest absolute Gasteiger partial charge is 0.346 e. The minimum atomic E-state index is -0.784. The molecule has 2 heterocycles.